The van der Waals surface area contributed by atoms with Crippen LogP contribution in [0.3, 0.4) is 0 Å². The number of Topliss-reactive ketones (excluding diaryl/α,β-unsaturated/α-hetero) is 1. The minimum atomic E-state index is -1.30. The van der Waals surface area contributed by atoms with Gasteiger partial charge in [-0.3, -0.25) is 4.79 Å². The molecule has 38 heavy (non-hydrogen) atoms. The van der Waals surface area contributed by atoms with Crippen molar-refractivity contribution in [2.75, 3.05) is 18.1 Å². The van der Waals surface area contributed by atoms with E-state index in [9.17, 15) is 14.7 Å². The van der Waals surface area contributed by atoms with Gasteiger partial charge in [-0.05, 0) is 55.2 Å². The smallest absolute Gasteiger partial charge is 0.550 e. The Kier molecular flexibility index (Phi) is 11.8. The number of anilines is 2. The van der Waals surface area contributed by atoms with Gasteiger partial charge in [0, 0.05) is 55.6 Å². The summed E-state index contributed by atoms with van der Waals surface area (Å²) >= 11 is 12.2. The summed E-state index contributed by atoms with van der Waals surface area (Å²) in [7, 11) is 0. The quantitative estimate of drug-likeness (QED) is 0.276. The number of carboxylic acids is 1. The molecule has 1 atom stereocenters. The van der Waals surface area contributed by atoms with E-state index in [0.717, 1.165) is 24.1 Å². The first-order chi connectivity index (χ1) is 17.9. The third-order valence-corrected chi connectivity index (χ3v) is 6.86. The second-order valence-corrected chi connectivity index (χ2v) is 9.55. The maximum absolute atomic E-state index is 12.7. The number of aromatic nitrogens is 2. The fourth-order valence-corrected chi connectivity index (χ4v) is 4.92. The van der Waals surface area contributed by atoms with Crippen LogP contribution in [0, 0.1) is 5.92 Å². The Hall–Kier alpha value is -2.26. The molecular weight excluding hydrogens is 536 g/mol. The normalized spacial score (nSPS) is 14.6. The van der Waals surface area contributed by atoms with Crippen molar-refractivity contribution in [2.24, 2.45) is 5.92 Å². The molecule has 1 unspecified atom stereocenters. The van der Waals surface area contributed by atoms with Gasteiger partial charge >= 0.3 is 29.6 Å². The van der Waals surface area contributed by atoms with Crippen LogP contribution >= 0.6 is 23.2 Å². The van der Waals surface area contributed by atoms with E-state index < -0.39 is 17.7 Å². The summed E-state index contributed by atoms with van der Waals surface area (Å²) < 4.78 is 5.52. The number of halogens is 2. The fourth-order valence-electron chi connectivity index (χ4n) is 4.32. The number of carbonyl (C=O) groups is 2. The molecule has 0 spiro atoms. The molecule has 192 valence electrons. The number of allylic oxidation sites excluding steroid dienone is 1. The monoisotopic (exact) mass is 561 g/mol. The van der Waals surface area contributed by atoms with Gasteiger partial charge < -0.3 is 19.5 Å². The van der Waals surface area contributed by atoms with Crippen molar-refractivity contribution in [3.63, 3.8) is 0 Å². The van der Waals surface area contributed by atoms with Crippen molar-refractivity contribution in [3.05, 3.63) is 88.2 Å². The molecule has 0 N–H and O–H groups in total. The molecule has 4 rings (SSSR count). The number of ketones is 1. The average molecular weight is 562 g/mol. The number of hydrogen-bond acceptors (Lipinski definition) is 7. The largest absolute Gasteiger partial charge is 1.00 e. The van der Waals surface area contributed by atoms with Crippen LogP contribution in [0.2, 0.25) is 10.0 Å². The summed E-state index contributed by atoms with van der Waals surface area (Å²) in [6.07, 6.45) is 8.63. The van der Waals surface area contributed by atoms with E-state index in [2.05, 4.69) is 14.9 Å². The zero-order valence-electron chi connectivity index (χ0n) is 21.1. The Bertz CT molecular complexity index is 1230. The Morgan fingerprint density at radius 2 is 1.66 bits per heavy atom. The molecule has 1 saturated heterocycles. The zero-order chi connectivity index (χ0) is 26.2. The number of benzene rings is 2. The molecule has 1 aromatic heterocycles. The minimum absolute atomic E-state index is 0. The second kappa shape index (κ2) is 14.8. The molecule has 0 saturated carbocycles. The van der Waals surface area contributed by atoms with Gasteiger partial charge in [0.25, 0.3) is 0 Å². The van der Waals surface area contributed by atoms with Crippen molar-refractivity contribution >= 4 is 52.7 Å². The minimum Gasteiger partial charge on any atom is -0.550 e. The van der Waals surface area contributed by atoms with Crippen molar-refractivity contribution in [2.45, 2.75) is 31.7 Å². The number of nitrogens with zero attached hydrogens (tertiary/aromatic N) is 3. The van der Waals surface area contributed by atoms with Gasteiger partial charge in [0.15, 0.2) is 5.78 Å². The SMILES string of the molecule is O=C(CC(C/C=C/c1ccc(N(c2ncccn2)C2CCOCC2)cc1)C(=O)[O-])c1c(Cl)cccc1Cl.[Na+]. The van der Waals surface area contributed by atoms with Crippen LogP contribution < -0.4 is 39.6 Å². The summed E-state index contributed by atoms with van der Waals surface area (Å²) in [5.41, 5.74) is 1.99. The van der Waals surface area contributed by atoms with Gasteiger partial charge in [-0.1, -0.05) is 53.6 Å². The molecule has 0 radical (unpaired) electrons. The van der Waals surface area contributed by atoms with Crippen LogP contribution in [0.4, 0.5) is 11.6 Å². The van der Waals surface area contributed by atoms with Gasteiger partial charge in [-0.2, -0.15) is 0 Å². The van der Waals surface area contributed by atoms with E-state index in [0.29, 0.717) is 19.2 Å². The van der Waals surface area contributed by atoms with Gasteiger partial charge in [0.1, 0.15) is 0 Å². The van der Waals surface area contributed by atoms with E-state index in [1.54, 1.807) is 42.7 Å². The van der Waals surface area contributed by atoms with Crippen molar-refractivity contribution < 1.29 is 49.0 Å². The summed E-state index contributed by atoms with van der Waals surface area (Å²) in [5, 5.41) is 12.1. The van der Waals surface area contributed by atoms with E-state index in [-0.39, 0.29) is 64.0 Å². The molecule has 2 heterocycles. The molecule has 0 aliphatic carbocycles. The first-order valence-electron chi connectivity index (χ1n) is 12.0. The first kappa shape index (κ1) is 30.3. The van der Waals surface area contributed by atoms with Crippen molar-refractivity contribution in [1.82, 2.24) is 9.97 Å². The number of hydrogen-bond donors (Lipinski definition) is 0. The van der Waals surface area contributed by atoms with Gasteiger partial charge in [-0.15, -0.1) is 0 Å². The van der Waals surface area contributed by atoms with E-state index in [1.165, 1.54) is 0 Å². The molecule has 1 fully saturated rings. The molecule has 1 aliphatic rings. The molecule has 3 aromatic rings. The van der Waals surface area contributed by atoms with Crippen LogP contribution in [0.5, 0.6) is 0 Å². The van der Waals surface area contributed by atoms with E-state index >= 15 is 0 Å². The van der Waals surface area contributed by atoms with Gasteiger partial charge in [0.2, 0.25) is 5.95 Å². The van der Waals surface area contributed by atoms with Crippen LogP contribution in [0.15, 0.2) is 67.0 Å². The van der Waals surface area contributed by atoms with Crippen molar-refractivity contribution in [1.29, 1.82) is 0 Å². The number of rotatable bonds is 10. The van der Waals surface area contributed by atoms with Gasteiger partial charge in [-0.25, -0.2) is 9.97 Å². The van der Waals surface area contributed by atoms with Crippen LogP contribution in [0.25, 0.3) is 6.08 Å². The van der Waals surface area contributed by atoms with E-state index in [4.69, 9.17) is 27.9 Å². The molecule has 2 aromatic carbocycles. The molecule has 0 bridgehead atoms. The Balaban J connectivity index is 0.00000400. The average Bonchev–Trinajstić information content (AvgIpc) is 2.90. The van der Waals surface area contributed by atoms with Gasteiger partial charge in [0.05, 0.1) is 15.6 Å². The van der Waals surface area contributed by atoms with Crippen LogP contribution in [0.1, 0.15) is 41.6 Å². The predicted molar refractivity (Wildman–Crippen MR) is 142 cm³/mol. The maximum atomic E-state index is 12.7. The summed E-state index contributed by atoms with van der Waals surface area (Å²) in [6.45, 7) is 1.39. The maximum Gasteiger partial charge on any atom is 1.00 e. The summed E-state index contributed by atoms with van der Waals surface area (Å²) in [6, 6.07) is 14.6. The van der Waals surface area contributed by atoms with Crippen LogP contribution in [-0.2, 0) is 9.53 Å². The number of aliphatic carboxylic acids is 1. The Labute approximate surface area is 254 Å². The fraction of sp³-hybridized carbons (Fsp3) is 0.286. The predicted octanol–water partition coefficient (Wildman–Crippen LogP) is 2.15. The molecule has 1 aliphatic heterocycles. The third kappa shape index (κ3) is 7.88. The summed E-state index contributed by atoms with van der Waals surface area (Å²) in [4.78, 5) is 35.4. The topological polar surface area (TPSA) is 95.5 Å². The Morgan fingerprint density at radius 3 is 2.26 bits per heavy atom. The second-order valence-electron chi connectivity index (χ2n) is 8.73. The van der Waals surface area contributed by atoms with Crippen LogP contribution in [-0.4, -0.2) is 41.0 Å². The molecule has 0 amide bonds. The third-order valence-electron chi connectivity index (χ3n) is 6.23. The number of carbonyl (C=O) groups excluding carboxylic acids is 2. The number of carboxylic acid groups (broad SMARTS) is 1. The van der Waals surface area contributed by atoms with Crippen molar-refractivity contribution in [3.8, 4) is 0 Å². The molecular formula is C28H26Cl2N3NaO4. The molecule has 7 nitrogen and oxygen atoms in total. The summed E-state index contributed by atoms with van der Waals surface area (Å²) in [5.74, 6) is -2.10. The van der Waals surface area contributed by atoms with E-state index in [1.807, 2.05) is 30.3 Å². The standard InChI is InChI=1S/C28H27Cl2N3O4.Na/c29-23-6-2-7-24(30)26(23)25(34)18-20(27(35)36)5-1-4-19-8-10-21(11-9-19)33(22-12-16-37-17-13-22)28-31-14-3-15-32-28;/h1-4,6-11,14-15,20,22H,5,12-13,16-18H2,(H,35,36);/q;+1/p-1/b4-1+;. The Morgan fingerprint density at radius 1 is 1.03 bits per heavy atom. The number of ether oxygens (including phenoxy) is 1. The molecule has 10 heteroatoms. The zero-order valence-corrected chi connectivity index (χ0v) is 24.6. The first-order valence-corrected chi connectivity index (χ1v) is 12.8.